The van der Waals surface area contributed by atoms with E-state index in [4.69, 9.17) is 10.7 Å². The second-order valence-corrected chi connectivity index (χ2v) is 12.7. The van der Waals surface area contributed by atoms with E-state index in [-0.39, 0.29) is 19.1 Å². The molecule has 6 nitrogen and oxygen atoms in total. The third-order valence-corrected chi connectivity index (χ3v) is 7.81. The maximum absolute atomic E-state index is 14.9. The zero-order valence-corrected chi connectivity index (χ0v) is 25.2. The van der Waals surface area contributed by atoms with Gasteiger partial charge in [-0.1, -0.05) is 84.7 Å². The minimum atomic E-state index is -1.35. The minimum Gasteiger partial charge on any atom is -0.332 e. The molecule has 0 spiro atoms. The van der Waals surface area contributed by atoms with Crippen LogP contribution in [-0.4, -0.2) is 39.7 Å². The molecule has 214 valence electrons. The molecule has 3 atom stereocenters. The van der Waals surface area contributed by atoms with Gasteiger partial charge in [-0.25, -0.2) is 14.2 Å². The molecule has 0 aliphatic carbocycles. The number of hydrogen-bond acceptors (Lipinski definition) is 4. The van der Waals surface area contributed by atoms with Gasteiger partial charge < -0.3 is 20.5 Å². The highest BCUT2D eigenvalue weighted by Gasteiger charge is 2.39. The number of nitrogens with two attached hydrogens (primary N) is 1. The van der Waals surface area contributed by atoms with Crippen LogP contribution in [0.4, 0.5) is 14.9 Å². The van der Waals surface area contributed by atoms with Gasteiger partial charge in [-0.3, -0.25) is 0 Å². The van der Waals surface area contributed by atoms with Crippen molar-refractivity contribution in [2.24, 2.45) is 23.0 Å². The third kappa shape index (κ3) is 8.64. The van der Waals surface area contributed by atoms with Gasteiger partial charge in [0.1, 0.15) is 12.0 Å². The lowest BCUT2D eigenvalue weighted by molar-refractivity contribution is 0.0949. The fraction of sp³-hybridized carbons (Fsp3) is 0.548. The van der Waals surface area contributed by atoms with Gasteiger partial charge in [0, 0.05) is 30.2 Å². The summed E-state index contributed by atoms with van der Waals surface area (Å²) in [5.74, 6) is 1.88. The molecule has 2 amide bonds. The Morgan fingerprint density at radius 2 is 1.90 bits per heavy atom. The number of urea groups is 1. The Hall–Kier alpha value is -2.71. The summed E-state index contributed by atoms with van der Waals surface area (Å²) in [7, 11) is 0. The number of amides is 2. The topological polar surface area (TPSA) is 76.2 Å². The summed E-state index contributed by atoms with van der Waals surface area (Å²) in [5, 5.41) is 6.74. The van der Waals surface area contributed by atoms with E-state index in [1.165, 1.54) is 11.3 Å². The summed E-state index contributed by atoms with van der Waals surface area (Å²) in [6.07, 6.45) is 4.08. The summed E-state index contributed by atoms with van der Waals surface area (Å²) >= 11 is 1.50. The molecule has 3 rings (SSSR count). The molecule has 0 saturated carbocycles. The number of imidazole rings is 1. The average Bonchev–Trinajstić information content (AvgIpc) is 3.55. The van der Waals surface area contributed by atoms with Crippen LogP contribution in [0, 0.1) is 17.3 Å². The predicted octanol–water partition coefficient (Wildman–Crippen LogP) is 7.99. The first-order valence-corrected chi connectivity index (χ1v) is 15.0. The molecule has 0 aliphatic heterocycles. The number of anilines is 1. The largest absolute Gasteiger partial charge is 0.332 e. The monoisotopic (exact) mass is 555 g/mol. The third-order valence-electron chi connectivity index (χ3n) is 7.12. The van der Waals surface area contributed by atoms with Crippen molar-refractivity contribution in [1.29, 1.82) is 0 Å². The van der Waals surface area contributed by atoms with Crippen LogP contribution in [0.15, 0.2) is 53.4 Å². The van der Waals surface area contributed by atoms with Crippen molar-refractivity contribution in [3.63, 3.8) is 0 Å². The van der Waals surface area contributed by atoms with E-state index in [2.05, 4.69) is 57.6 Å². The van der Waals surface area contributed by atoms with E-state index in [1.54, 1.807) is 4.90 Å². The number of halogens is 1. The molecule has 0 fully saturated rings. The van der Waals surface area contributed by atoms with E-state index < -0.39 is 17.6 Å². The van der Waals surface area contributed by atoms with E-state index in [1.807, 2.05) is 47.2 Å². The molecule has 0 radical (unpaired) electrons. The lowest BCUT2D eigenvalue weighted by Crippen LogP contribution is -2.48. The molecule has 3 N–H and O–H groups in total. The lowest BCUT2D eigenvalue weighted by Gasteiger charge is -2.40. The summed E-state index contributed by atoms with van der Waals surface area (Å²) in [5.41, 5.74) is 7.83. The molecule has 0 bridgehead atoms. The Morgan fingerprint density at radius 1 is 1.18 bits per heavy atom. The van der Waals surface area contributed by atoms with Crippen molar-refractivity contribution in [3.8, 4) is 11.3 Å². The summed E-state index contributed by atoms with van der Waals surface area (Å²) in [6.45, 7) is 13.5. The van der Waals surface area contributed by atoms with Gasteiger partial charge in [-0.15, -0.1) is 0 Å². The maximum atomic E-state index is 14.9. The van der Waals surface area contributed by atoms with Crippen molar-refractivity contribution in [1.82, 2.24) is 14.5 Å². The summed E-state index contributed by atoms with van der Waals surface area (Å²) < 4.78 is 17.1. The Kier molecular flexibility index (Phi) is 11.1. The van der Waals surface area contributed by atoms with Crippen LogP contribution in [0.25, 0.3) is 11.3 Å². The van der Waals surface area contributed by atoms with Gasteiger partial charge in [-0.05, 0) is 35.1 Å². The first-order chi connectivity index (χ1) is 18.5. The highest BCUT2D eigenvalue weighted by molar-refractivity contribution is 7.08. The summed E-state index contributed by atoms with van der Waals surface area (Å²) in [6, 6.07) is 11.1. The maximum Gasteiger partial charge on any atom is 0.322 e. The zero-order valence-electron chi connectivity index (χ0n) is 24.4. The Balaban J connectivity index is 2.11. The fourth-order valence-electron chi connectivity index (χ4n) is 4.93. The molecule has 8 heteroatoms. The zero-order chi connectivity index (χ0) is 28.6. The number of hydrogen-bond donors (Lipinski definition) is 2. The predicted molar refractivity (Wildman–Crippen MR) is 162 cm³/mol. The number of carbonyl (C=O) groups is 1. The van der Waals surface area contributed by atoms with Crippen LogP contribution >= 0.6 is 11.3 Å². The second-order valence-electron chi connectivity index (χ2n) is 11.9. The van der Waals surface area contributed by atoms with Gasteiger partial charge >= 0.3 is 6.03 Å². The minimum absolute atomic E-state index is 0.119. The van der Waals surface area contributed by atoms with Crippen LogP contribution in [0.5, 0.6) is 0 Å². The smallest absolute Gasteiger partial charge is 0.322 e. The quantitative estimate of drug-likeness (QED) is 0.224. The normalized spacial score (nSPS) is 14.3. The molecule has 1 aromatic carbocycles. The van der Waals surface area contributed by atoms with E-state index in [9.17, 15) is 9.18 Å². The van der Waals surface area contributed by atoms with Gasteiger partial charge in [0.05, 0.1) is 24.0 Å². The second kappa shape index (κ2) is 14.1. The molecule has 2 heterocycles. The number of aromatic nitrogens is 2. The van der Waals surface area contributed by atoms with Crippen molar-refractivity contribution in [2.75, 3.05) is 18.4 Å². The highest BCUT2D eigenvalue weighted by Crippen LogP contribution is 2.40. The van der Waals surface area contributed by atoms with Crippen molar-refractivity contribution in [2.45, 2.75) is 79.6 Å². The molecule has 0 aliphatic rings. The van der Waals surface area contributed by atoms with E-state index >= 15 is 0 Å². The Bertz CT molecular complexity index is 1140. The van der Waals surface area contributed by atoms with Crippen molar-refractivity contribution >= 4 is 23.1 Å². The van der Waals surface area contributed by atoms with E-state index in [0.717, 1.165) is 42.9 Å². The van der Waals surface area contributed by atoms with Gasteiger partial charge in [-0.2, -0.15) is 11.3 Å². The van der Waals surface area contributed by atoms with Crippen LogP contribution in [0.2, 0.25) is 0 Å². The molecule has 39 heavy (non-hydrogen) atoms. The van der Waals surface area contributed by atoms with Crippen LogP contribution in [0.3, 0.4) is 0 Å². The first-order valence-electron chi connectivity index (χ1n) is 14.1. The summed E-state index contributed by atoms with van der Waals surface area (Å²) in [4.78, 5) is 20.5. The number of thiophene rings is 1. The average molecular weight is 556 g/mol. The standard InChI is InChI=1S/C31H46FN5OS/c1-7-23(14-13-22(2)3)18-36-20-27(24-11-9-8-10-12-24)35-29(36)28(31(4,5)6)37(19-25(32)17-33)30(38)34-26-15-16-39-21-26/h8-12,15-16,20-23,25,28H,7,13-14,17-19,33H2,1-6H3,(H,34,38)/t23?,25-,28-/m0/s1. The number of alkyl halides is 1. The van der Waals surface area contributed by atoms with Crippen LogP contribution in [-0.2, 0) is 6.54 Å². The SMILES string of the molecule is CCC(CCC(C)C)Cn1cc(-c2ccccc2)nc1[C@H](N(C[C@@H](F)CN)C(=O)Nc1ccsc1)C(C)(C)C. The number of benzene rings is 1. The van der Waals surface area contributed by atoms with Gasteiger partial charge in [0.25, 0.3) is 0 Å². The molecular weight excluding hydrogens is 509 g/mol. The molecule has 2 aromatic heterocycles. The van der Waals surface area contributed by atoms with Crippen molar-refractivity contribution < 1.29 is 9.18 Å². The first kappa shape index (κ1) is 30.8. The lowest BCUT2D eigenvalue weighted by atomic mass is 9.84. The molecule has 0 saturated heterocycles. The Labute approximate surface area is 237 Å². The number of rotatable bonds is 13. The van der Waals surface area contributed by atoms with E-state index in [0.29, 0.717) is 17.5 Å². The fourth-order valence-corrected chi connectivity index (χ4v) is 5.52. The molecule has 1 unspecified atom stereocenters. The van der Waals surface area contributed by atoms with Crippen LogP contribution < -0.4 is 11.1 Å². The van der Waals surface area contributed by atoms with Crippen molar-refractivity contribution in [3.05, 3.63) is 59.2 Å². The Morgan fingerprint density at radius 3 is 2.46 bits per heavy atom. The van der Waals surface area contributed by atoms with Crippen LogP contribution in [0.1, 0.15) is 72.7 Å². The highest BCUT2D eigenvalue weighted by atomic mass is 32.1. The number of nitrogens with one attached hydrogen (secondary N) is 1. The number of nitrogens with zero attached hydrogens (tertiary/aromatic N) is 3. The number of carbonyl (C=O) groups excluding carboxylic acids is 1. The van der Waals surface area contributed by atoms with Gasteiger partial charge in [0.15, 0.2) is 0 Å². The molecular formula is C31H46FN5OS. The molecule has 3 aromatic rings. The van der Waals surface area contributed by atoms with Gasteiger partial charge in [0.2, 0.25) is 0 Å².